The standard InChI is InChI=1S/C9H5F3O2/c10-4-1-2-6-8(5(13)3-14-6)7(4)9(11)12/h1-2,9H,3H2. The summed E-state index contributed by atoms with van der Waals surface area (Å²) in [6, 6.07) is 2.06. The topological polar surface area (TPSA) is 26.3 Å². The van der Waals surface area contributed by atoms with Gasteiger partial charge >= 0.3 is 0 Å². The molecule has 0 unspecified atom stereocenters. The fourth-order valence-electron chi connectivity index (χ4n) is 1.41. The van der Waals surface area contributed by atoms with Crippen LogP contribution >= 0.6 is 0 Å². The van der Waals surface area contributed by atoms with Crippen molar-refractivity contribution in [2.45, 2.75) is 6.43 Å². The highest BCUT2D eigenvalue weighted by molar-refractivity contribution is 6.03. The van der Waals surface area contributed by atoms with Gasteiger partial charge in [-0.1, -0.05) is 0 Å². The number of alkyl halides is 2. The number of carbonyl (C=O) groups is 1. The fraction of sp³-hybridized carbons (Fsp3) is 0.222. The molecule has 0 bridgehead atoms. The van der Waals surface area contributed by atoms with Crippen LogP contribution in [0.2, 0.25) is 0 Å². The summed E-state index contributed by atoms with van der Waals surface area (Å²) in [6.45, 7) is -0.293. The minimum Gasteiger partial charge on any atom is -0.485 e. The number of benzene rings is 1. The number of fused-ring (bicyclic) bond motifs is 1. The van der Waals surface area contributed by atoms with E-state index in [4.69, 9.17) is 4.74 Å². The lowest BCUT2D eigenvalue weighted by atomic mass is 10.0. The molecule has 2 nitrogen and oxygen atoms in total. The number of halogens is 3. The van der Waals surface area contributed by atoms with Gasteiger partial charge in [-0.2, -0.15) is 0 Å². The van der Waals surface area contributed by atoms with Gasteiger partial charge in [-0.15, -0.1) is 0 Å². The van der Waals surface area contributed by atoms with E-state index in [2.05, 4.69) is 0 Å². The highest BCUT2D eigenvalue weighted by Crippen LogP contribution is 2.35. The lowest BCUT2D eigenvalue weighted by molar-refractivity contribution is 0.0950. The molecule has 1 aliphatic heterocycles. The predicted molar refractivity (Wildman–Crippen MR) is 41.2 cm³/mol. The number of ketones is 1. The normalized spacial score (nSPS) is 14.4. The van der Waals surface area contributed by atoms with Gasteiger partial charge < -0.3 is 4.74 Å². The summed E-state index contributed by atoms with van der Waals surface area (Å²) in [7, 11) is 0. The summed E-state index contributed by atoms with van der Waals surface area (Å²) in [5.41, 5.74) is -1.18. The minimum atomic E-state index is -3.00. The van der Waals surface area contributed by atoms with Crippen molar-refractivity contribution in [3.8, 4) is 5.75 Å². The molecule has 2 rings (SSSR count). The lowest BCUT2D eigenvalue weighted by Crippen LogP contribution is -2.04. The first kappa shape index (κ1) is 9.05. The van der Waals surface area contributed by atoms with Gasteiger partial charge in [0.2, 0.25) is 5.78 Å². The molecule has 0 N–H and O–H groups in total. The van der Waals surface area contributed by atoms with Crippen LogP contribution in [0.3, 0.4) is 0 Å². The third-order valence-corrected chi connectivity index (χ3v) is 2.01. The zero-order valence-electron chi connectivity index (χ0n) is 6.89. The van der Waals surface area contributed by atoms with Gasteiger partial charge in [0.05, 0.1) is 11.1 Å². The second-order valence-corrected chi connectivity index (χ2v) is 2.85. The van der Waals surface area contributed by atoms with Gasteiger partial charge in [0.25, 0.3) is 6.43 Å². The van der Waals surface area contributed by atoms with E-state index >= 15 is 0 Å². The van der Waals surface area contributed by atoms with Crippen molar-refractivity contribution in [1.82, 2.24) is 0 Å². The van der Waals surface area contributed by atoms with Crippen molar-refractivity contribution in [3.63, 3.8) is 0 Å². The van der Waals surface area contributed by atoms with Gasteiger partial charge in [-0.05, 0) is 12.1 Å². The molecule has 5 heteroatoms. The Bertz CT molecular complexity index is 401. The van der Waals surface area contributed by atoms with E-state index in [0.29, 0.717) is 0 Å². The molecule has 1 aromatic rings. The van der Waals surface area contributed by atoms with Gasteiger partial charge in [-0.3, -0.25) is 4.79 Å². The van der Waals surface area contributed by atoms with Crippen LogP contribution in [0.25, 0.3) is 0 Å². The molecule has 74 valence electrons. The van der Waals surface area contributed by atoms with E-state index in [-0.39, 0.29) is 17.9 Å². The third-order valence-electron chi connectivity index (χ3n) is 2.01. The Balaban J connectivity index is 2.68. The van der Waals surface area contributed by atoms with Crippen LogP contribution in [0.5, 0.6) is 5.75 Å². The maximum Gasteiger partial charge on any atom is 0.267 e. The summed E-state index contributed by atoms with van der Waals surface area (Å²) in [5, 5.41) is 0. The molecule has 0 saturated heterocycles. The summed E-state index contributed by atoms with van der Waals surface area (Å²) in [5.74, 6) is -1.64. The summed E-state index contributed by atoms with van der Waals surface area (Å²) < 4.78 is 42.6. The minimum absolute atomic E-state index is 0.0340. The molecule has 1 heterocycles. The molecule has 0 atom stereocenters. The first-order valence-corrected chi connectivity index (χ1v) is 3.88. The Kier molecular flexibility index (Phi) is 1.94. The van der Waals surface area contributed by atoms with Crippen molar-refractivity contribution in [2.75, 3.05) is 6.61 Å². The number of rotatable bonds is 1. The molecule has 0 radical (unpaired) electrons. The summed E-state index contributed by atoms with van der Waals surface area (Å²) in [6.07, 6.45) is -3.00. The molecule has 1 aromatic carbocycles. The number of hydrogen-bond acceptors (Lipinski definition) is 2. The first-order valence-electron chi connectivity index (χ1n) is 3.88. The highest BCUT2D eigenvalue weighted by Gasteiger charge is 2.30. The van der Waals surface area contributed by atoms with E-state index in [0.717, 1.165) is 6.07 Å². The van der Waals surface area contributed by atoms with Crippen molar-refractivity contribution in [2.24, 2.45) is 0 Å². The number of ether oxygens (including phenoxy) is 1. The summed E-state index contributed by atoms with van der Waals surface area (Å²) >= 11 is 0. The Morgan fingerprint density at radius 1 is 1.36 bits per heavy atom. The number of carbonyl (C=O) groups excluding carboxylic acids is 1. The van der Waals surface area contributed by atoms with Crippen molar-refractivity contribution >= 4 is 5.78 Å². The van der Waals surface area contributed by atoms with Crippen LogP contribution in [0.1, 0.15) is 22.3 Å². The Morgan fingerprint density at radius 3 is 2.71 bits per heavy atom. The van der Waals surface area contributed by atoms with Crippen LogP contribution in [0.4, 0.5) is 13.2 Å². The molecule has 14 heavy (non-hydrogen) atoms. The van der Waals surface area contributed by atoms with Gasteiger partial charge in [0, 0.05) is 0 Å². The fourth-order valence-corrected chi connectivity index (χ4v) is 1.41. The molecule has 0 amide bonds. The SMILES string of the molecule is O=C1COc2ccc(F)c(C(F)F)c21. The predicted octanol–water partition coefficient (Wildman–Crippen LogP) is 2.34. The van der Waals surface area contributed by atoms with Crippen molar-refractivity contribution in [3.05, 3.63) is 29.1 Å². The van der Waals surface area contributed by atoms with Gasteiger partial charge in [-0.25, -0.2) is 13.2 Å². The molecule has 0 saturated carbocycles. The maximum absolute atomic E-state index is 13.0. The Morgan fingerprint density at radius 2 is 2.07 bits per heavy atom. The average molecular weight is 202 g/mol. The van der Waals surface area contributed by atoms with Gasteiger partial charge in [0.1, 0.15) is 11.6 Å². The highest BCUT2D eigenvalue weighted by atomic mass is 19.3. The largest absolute Gasteiger partial charge is 0.485 e. The van der Waals surface area contributed by atoms with Crippen molar-refractivity contribution < 1.29 is 22.7 Å². The average Bonchev–Trinajstić information content (AvgIpc) is 2.47. The van der Waals surface area contributed by atoms with Crippen LogP contribution < -0.4 is 4.74 Å². The molecule has 0 fully saturated rings. The zero-order chi connectivity index (χ0) is 10.3. The van der Waals surface area contributed by atoms with Gasteiger partial charge in [0.15, 0.2) is 6.61 Å². The summed E-state index contributed by atoms with van der Waals surface area (Å²) in [4.78, 5) is 11.1. The van der Waals surface area contributed by atoms with E-state index in [1.807, 2.05) is 0 Å². The zero-order valence-corrected chi connectivity index (χ0v) is 6.89. The Hall–Kier alpha value is -1.52. The first-order chi connectivity index (χ1) is 6.61. The smallest absolute Gasteiger partial charge is 0.267 e. The Labute approximate surface area is 77.3 Å². The molecule has 0 aromatic heterocycles. The molecule has 1 aliphatic rings. The molecular weight excluding hydrogens is 197 g/mol. The molecule has 0 spiro atoms. The van der Waals surface area contributed by atoms with E-state index < -0.39 is 23.6 Å². The van der Waals surface area contributed by atoms with E-state index in [1.54, 1.807) is 0 Å². The second-order valence-electron chi connectivity index (χ2n) is 2.85. The third kappa shape index (κ3) is 1.16. The van der Waals surface area contributed by atoms with E-state index in [1.165, 1.54) is 6.07 Å². The second kappa shape index (κ2) is 3.01. The number of hydrogen-bond donors (Lipinski definition) is 0. The van der Waals surface area contributed by atoms with Crippen LogP contribution in [0.15, 0.2) is 12.1 Å². The lowest BCUT2D eigenvalue weighted by Gasteiger charge is -2.05. The molecule has 0 aliphatic carbocycles. The van der Waals surface area contributed by atoms with Crippen LogP contribution in [0, 0.1) is 5.82 Å². The number of Topliss-reactive ketones (excluding diaryl/α,β-unsaturated/α-hetero) is 1. The molecular formula is C9H5F3O2. The van der Waals surface area contributed by atoms with Crippen LogP contribution in [-0.2, 0) is 0 Å². The quantitative estimate of drug-likeness (QED) is 0.698. The van der Waals surface area contributed by atoms with E-state index in [9.17, 15) is 18.0 Å². The maximum atomic E-state index is 13.0. The van der Waals surface area contributed by atoms with Crippen LogP contribution in [-0.4, -0.2) is 12.4 Å². The monoisotopic (exact) mass is 202 g/mol. The van der Waals surface area contributed by atoms with Crippen molar-refractivity contribution in [1.29, 1.82) is 0 Å².